The number of nitrogens with zero attached hydrogens (tertiary/aromatic N) is 1. The number of hydrogen-bond acceptors (Lipinski definition) is 4. The fourth-order valence-electron chi connectivity index (χ4n) is 0.890. The summed E-state index contributed by atoms with van der Waals surface area (Å²) in [5.41, 5.74) is 5.39. The Kier molecular flexibility index (Phi) is 7.37. The Bertz CT molecular complexity index is 162. The van der Waals surface area contributed by atoms with Crippen molar-refractivity contribution >= 4 is 5.91 Å². The highest BCUT2D eigenvalue weighted by atomic mass is 16.5. The topological polar surface area (TPSA) is 67.6 Å². The van der Waals surface area contributed by atoms with E-state index >= 15 is 0 Å². The van der Waals surface area contributed by atoms with E-state index in [9.17, 15) is 4.79 Å². The highest BCUT2D eigenvalue weighted by Crippen LogP contribution is 1.81. The molecule has 0 aliphatic heterocycles. The molecule has 0 aliphatic carbocycles. The molecule has 0 rings (SSSR count). The van der Waals surface area contributed by atoms with E-state index < -0.39 is 6.04 Å². The van der Waals surface area contributed by atoms with Crippen molar-refractivity contribution in [1.82, 2.24) is 10.2 Å². The van der Waals surface area contributed by atoms with Crippen molar-refractivity contribution in [1.29, 1.82) is 0 Å². The number of likely N-dealkylation sites (N-methyl/N-ethyl adjacent to an activating group) is 1. The van der Waals surface area contributed by atoms with Gasteiger partial charge in [-0.25, -0.2) is 0 Å². The summed E-state index contributed by atoms with van der Waals surface area (Å²) in [6.45, 7) is 4.68. The molecule has 0 aromatic heterocycles. The first-order valence-corrected chi connectivity index (χ1v) is 4.78. The largest absolute Gasteiger partial charge is 0.383 e. The zero-order chi connectivity index (χ0) is 11.0. The number of carbonyl (C=O) groups is 1. The smallest absolute Gasteiger partial charge is 0.236 e. The van der Waals surface area contributed by atoms with Crippen molar-refractivity contribution in [3.05, 3.63) is 0 Å². The molecule has 0 aliphatic rings. The summed E-state index contributed by atoms with van der Waals surface area (Å²) in [5.74, 6) is -0.106. The number of ether oxygens (including phenoxy) is 1. The van der Waals surface area contributed by atoms with Crippen molar-refractivity contribution in [2.75, 3.05) is 40.4 Å². The van der Waals surface area contributed by atoms with Crippen molar-refractivity contribution in [2.24, 2.45) is 5.73 Å². The first-order chi connectivity index (χ1) is 6.57. The van der Waals surface area contributed by atoms with Crippen molar-refractivity contribution in [2.45, 2.75) is 13.0 Å². The summed E-state index contributed by atoms with van der Waals surface area (Å²) in [5, 5.41) is 2.74. The van der Waals surface area contributed by atoms with E-state index in [0.717, 1.165) is 13.1 Å². The maximum Gasteiger partial charge on any atom is 0.236 e. The third kappa shape index (κ3) is 6.82. The Morgan fingerprint density at radius 3 is 2.71 bits per heavy atom. The number of methoxy groups -OCH3 is 1. The molecular formula is C9H21N3O2. The summed E-state index contributed by atoms with van der Waals surface area (Å²) in [6.07, 6.45) is 0. The van der Waals surface area contributed by atoms with Crippen LogP contribution in [0.5, 0.6) is 0 Å². The average molecular weight is 203 g/mol. The Morgan fingerprint density at radius 2 is 2.21 bits per heavy atom. The SMILES string of the molecule is COCCN(C)CCNC(=O)C(C)N. The monoisotopic (exact) mass is 203 g/mol. The molecule has 14 heavy (non-hydrogen) atoms. The Balaban J connectivity index is 3.39. The number of hydrogen-bond donors (Lipinski definition) is 2. The number of carbonyl (C=O) groups excluding carboxylic acids is 1. The summed E-state index contributed by atoms with van der Waals surface area (Å²) in [4.78, 5) is 13.1. The number of nitrogens with two attached hydrogens (primary N) is 1. The second-order valence-electron chi connectivity index (χ2n) is 3.38. The van der Waals surface area contributed by atoms with Gasteiger partial charge >= 0.3 is 0 Å². The van der Waals surface area contributed by atoms with Gasteiger partial charge in [0, 0.05) is 26.7 Å². The van der Waals surface area contributed by atoms with Crippen LogP contribution < -0.4 is 11.1 Å². The molecule has 0 saturated carbocycles. The van der Waals surface area contributed by atoms with Gasteiger partial charge in [0.1, 0.15) is 0 Å². The van der Waals surface area contributed by atoms with Crippen LogP contribution >= 0.6 is 0 Å². The van der Waals surface area contributed by atoms with Gasteiger partial charge in [0.25, 0.3) is 0 Å². The molecule has 1 unspecified atom stereocenters. The maximum absolute atomic E-state index is 11.1. The van der Waals surface area contributed by atoms with E-state index in [2.05, 4.69) is 10.2 Å². The average Bonchev–Trinajstić information content (AvgIpc) is 2.14. The second kappa shape index (κ2) is 7.73. The van der Waals surface area contributed by atoms with Crippen LogP contribution in [0.25, 0.3) is 0 Å². The Labute approximate surface area is 85.6 Å². The van der Waals surface area contributed by atoms with Gasteiger partial charge in [-0.3, -0.25) is 4.79 Å². The molecule has 84 valence electrons. The second-order valence-corrected chi connectivity index (χ2v) is 3.38. The molecule has 5 heteroatoms. The molecule has 0 bridgehead atoms. The van der Waals surface area contributed by atoms with Crippen LogP contribution in [-0.4, -0.2) is 57.2 Å². The molecule has 0 radical (unpaired) electrons. The van der Waals surface area contributed by atoms with Gasteiger partial charge in [-0.05, 0) is 14.0 Å². The van der Waals surface area contributed by atoms with Crippen molar-refractivity contribution in [3.63, 3.8) is 0 Å². The minimum atomic E-state index is -0.431. The van der Waals surface area contributed by atoms with E-state index in [0.29, 0.717) is 13.2 Å². The number of amides is 1. The Morgan fingerprint density at radius 1 is 1.57 bits per heavy atom. The van der Waals surface area contributed by atoms with Crippen LogP contribution in [0.1, 0.15) is 6.92 Å². The third-order valence-electron chi connectivity index (χ3n) is 1.88. The van der Waals surface area contributed by atoms with Gasteiger partial charge in [-0.2, -0.15) is 0 Å². The minimum absolute atomic E-state index is 0.106. The number of rotatable bonds is 7. The fourth-order valence-corrected chi connectivity index (χ4v) is 0.890. The molecular weight excluding hydrogens is 182 g/mol. The van der Waals surface area contributed by atoms with Crippen LogP contribution in [0.4, 0.5) is 0 Å². The van der Waals surface area contributed by atoms with E-state index in [-0.39, 0.29) is 5.91 Å². The molecule has 0 aromatic rings. The molecule has 0 saturated heterocycles. The van der Waals surface area contributed by atoms with Crippen molar-refractivity contribution in [3.8, 4) is 0 Å². The van der Waals surface area contributed by atoms with E-state index in [4.69, 9.17) is 10.5 Å². The first-order valence-electron chi connectivity index (χ1n) is 4.78. The zero-order valence-electron chi connectivity index (χ0n) is 9.25. The third-order valence-corrected chi connectivity index (χ3v) is 1.88. The predicted molar refractivity (Wildman–Crippen MR) is 56.0 cm³/mol. The molecule has 3 N–H and O–H groups in total. The van der Waals surface area contributed by atoms with Crippen LogP contribution in [-0.2, 0) is 9.53 Å². The normalized spacial score (nSPS) is 12.9. The van der Waals surface area contributed by atoms with E-state index in [1.165, 1.54) is 0 Å². The zero-order valence-corrected chi connectivity index (χ0v) is 9.25. The molecule has 0 fully saturated rings. The lowest BCUT2D eigenvalue weighted by molar-refractivity contribution is -0.122. The minimum Gasteiger partial charge on any atom is -0.383 e. The quantitative estimate of drug-likeness (QED) is 0.558. The van der Waals surface area contributed by atoms with Gasteiger partial charge in [-0.15, -0.1) is 0 Å². The van der Waals surface area contributed by atoms with Gasteiger partial charge < -0.3 is 20.7 Å². The van der Waals surface area contributed by atoms with Crippen LogP contribution in [0.3, 0.4) is 0 Å². The van der Waals surface area contributed by atoms with Gasteiger partial charge in [-0.1, -0.05) is 0 Å². The molecule has 1 amide bonds. The standard InChI is InChI=1S/C9H21N3O2/c1-8(10)9(13)11-4-5-12(2)6-7-14-3/h8H,4-7,10H2,1-3H3,(H,11,13). The summed E-state index contributed by atoms with van der Waals surface area (Å²) in [6, 6.07) is -0.431. The van der Waals surface area contributed by atoms with Crippen LogP contribution in [0, 0.1) is 0 Å². The molecule has 0 spiro atoms. The predicted octanol–water partition coefficient (Wildman–Crippen LogP) is -0.972. The maximum atomic E-state index is 11.1. The van der Waals surface area contributed by atoms with E-state index in [1.807, 2.05) is 7.05 Å². The lowest BCUT2D eigenvalue weighted by Crippen LogP contribution is -2.41. The summed E-state index contributed by atoms with van der Waals surface area (Å²) >= 11 is 0. The molecule has 0 aromatic carbocycles. The highest BCUT2D eigenvalue weighted by Gasteiger charge is 2.05. The lowest BCUT2D eigenvalue weighted by Gasteiger charge is -2.16. The van der Waals surface area contributed by atoms with Crippen molar-refractivity contribution < 1.29 is 9.53 Å². The molecule has 5 nitrogen and oxygen atoms in total. The lowest BCUT2D eigenvalue weighted by atomic mass is 10.3. The summed E-state index contributed by atoms with van der Waals surface area (Å²) < 4.78 is 4.93. The number of nitrogens with one attached hydrogen (secondary N) is 1. The fraction of sp³-hybridized carbons (Fsp3) is 0.889. The van der Waals surface area contributed by atoms with E-state index in [1.54, 1.807) is 14.0 Å². The first kappa shape index (κ1) is 13.4. The Hall–Kier alpha value is -0.650. The summed E-state index contributed by atoms with van der Waals surface area (Å²) in [7, 11) is 3.66. The van der Waals surface area contributed by atoms with Gasteiger partial charge in [0.15, 0.2) is 0 Å². The molecule has 1 atom stereocenters. The van der Waals surface area contributed by atoms with Crippen LogP contribution in [0.15, 0.2) is 0 Å². The molecule has 0 heterocycles. The van der Waals surface area contributed by atoms with Crippen LogP contribution in [0.2, 0.25) is 0 Å². The van der Waals surface area contributed by atoms with Gasteiger partial charge in [0.2, 0.25) is 5.91 Å². The highest BCUT2D eigenvalue weighted by molar-refractivity contribution is 5.80. The van der Waals surface area contributed by atoms with Gasteiger partial charge in [0.05, 0.1) is 12.6 Å².